The molecule has 6 heteroatoms. The fourth-order valence-corrected chi connectivity index (χ4v) is 0.985. The van der Waals surface area contributed by atoms with E-state index in [0.29, 0.717) is 11.5 Å². The minimum absolute atomic E-state index is 0. The van der Waals surface area contributed by atoms with Gasteiger partial charge in [-0.05, 0) is 12.8 Å². The largest absolute Gasteiger partial charge is 0.322 e. The van der Waals surface area contributed by atoms with Crippen molar-refractivity contribution in [3.8, 4) is 0 Å². The van der Waals surface area contributed by atoms with Crippen LogP contribution in [0.3, 0.4) is 0 Å². The molecule has 5 nitrogen and oxygen atoms in total. The summed E-state index contributed by atoms with van der Waals surface area (Å²) in [6.45, 7) is 5.58. The molecule has 1 heterocycles. The van der Waals surface area contributed by atoms with Crippen LogP contribution in [0.5, 0.6) is 0 Å². The lowest BCUT2D eigenvalue weighted by Crippen LogP contribution is -2.39. The molecule has 90 valence electrons. The van der Waals surface area contributed by atoms with E-state index in [-0.39, 0.29) is 24.2 Å². The number of carbonyl (C=O) groups is 1. The van der Waals surface area contributed by atoms with E-state index < -0.39 is 6.04 Å². The SMILES string of the molecule is Cc1ncc(NC(=O)C(N)C(C)C)cn1.Cl. The number of nitrogens with one attached hydrogen (secondary N) is 1. The molecule has 0 saturated heterocycles. The number of hydrogen-bond acceptors (Lipinski definition) is 4. The number of nitrogens with zero attached hydrogens (tertiary/aromatic N) is 2. The summed E-state index contributed by atoms with van der Waals surface area (Å²) in [6.07, 6.45) is 3.13. The number of aromatic nitrogens is 2. The van der Waals surface area contributed by atoms with Crippen LogP contribution in [0.15, 0.2) is 12.4 Å². The van der Waals surface area contributed by atoms with Crippen molar-refractivity contribution in [2.75, 3.05) is 5.32 Å². The molecule has 0 bridgehead atoms. The Labute approximate surface area is 101 Å². The molecule has 0 aliphatic heterocycles. The maximum absolute atomic E-state index is 11.5. The Kier molecular flexibility index (Phi) is 5.92. The summed E-state index contributed by atoms with van der Waals surface area (Å²) < 4.78 is 0. The molecule has 1 unspecified atom stereocenters. The van der Waals surface area contributed by atoms with Gasteiger partial charge in [0.15, 0.2) is 0 Å². The first-order valence-corrected chi connectivity index (χ1v) is 4.86. The zero-order valence-electron chi connectivity index (χ0n) is 9.60. The monoisotopic (exact) mass is 244 g/mol. The van der Waals surface area contributed by atoms with Crippen LogP contribution >= 0.6 is 12.4 Å². The highest BCUT2D eigenvalue weighted by atomic mass is 35.5. The highest BCUT2D eigenvalue weighted by Crippen LogP contribution is 2.05. The zero-order valence-corrected chi connectivity index (χ0v) is 10.4. The molecule has 1 amide bonds. The van der Waals surface area contributed by atoms with Crippen molar-refractivity contribution in [3.05, 3.63) is 18.2 Å². The van der Waals surface area contributed by atoms with Gasteiger partial charge in [-0.15, -0.1) is 12.4 Å². The topological polar surface area (TPSA) is 80.9 Å². The molecule has 0 radical (unpaired) electrons. The van der Waals surface area contributed by atoms with Crippen molar-refractivity contribution in [2.24, 2.45) is 11.7 Å². The average Bonchev–Trinajstić information content (AvgIpc) is 2.20. The van der Waals surface area contributed by atoms with Crippen LogP contribution in [0.4, 0.5) is 5.69 Å². The summed E-state index contributed by atoms with van der Waals surface area (Å²) >= 11 is 0. The third-order valence-corrected chi connectivity index (χ3v) is 2.07. The van der Waals surface area contributed by atoms with Crippen molar-refractivity contribution in [2.45, 2.75) is 26.8 Å². The predicted octanol–water partition coefficient (Wildman–Crippen LogP) is 1.13. The number of rotatable bonds is 3. The fraction of sp³-hybridized carbons (Fsp3) is 0.500. The molecule has 0 spiro atoms. The molecular formula is C10H17ClN4O. The number of nitrogens with two attached hydrogens (primary N) is 1. The molecule has 0 fully saturated rings. The quantitative estimate of drug-likeness (QED) is 0.835. The second-order valence-electron chi connectivity index (χ2n) is 3.78. The Morgan fingerprint density at radius 3 is 2.31 bits per heavy atom. The van der Waals surface area contributed by atoms with E-state index in [1.165, 1.54) is 0 Å². The van der Waals surface area contributed by atoms with Gasteiger partial charge in [0.05, 0.1) is 24.1 Å². The Bertz CT molecular complexity index is 339. The Hall–Kier alpha value is -1.20. The van der Waals surface area contributed by atoms with Crippen molar-refractivity contribution in [1.82, 2.24) is 9.97 Å². The van der Waals surface area contributed by atoms with E-state index in [2.05, 4.69) is 15.3 Å². The molecule has 16 heavy (non-hydrogen) atoms. The molecule has 0 aliphatic rings. The maximum atomic E-state index is 11.5. The second kappa shape index (κ2) is 6.40. The maximum Gasteiger partial charge on any atom is 0.241 e. The van der Waals surface area contributed by atoms with Gasteiger partial charge in [-0.25, -0.2) is 9.97 Å². The van der Waals surface area contributed by atoms with Gasteiger partial charge in [0, 0.05) is 0 Å². The van der Waals surface area contributed by atoms with Gasteiger partial charge >= 0.3 is 0 Å². The van der Waals surface area contributed by atoms with Gasteiger partial charge in [-0.1, -0.05) is 13.8 Å². The third kappa shape index (κ3) is 4.12. The van der Waals surface area contributed by atoms with Gasteiger partial charge in [-0.2, -0.15) is 0 Å². The van der Waals surface area contributed by atoms with Crippen LogP contribution in [-0.4, -0.2) is 21.9 Å². The van der Waals surface area contributed by atoms with E-state index in [1.807, 2.05) is 13.8 Å². The van der Waals surface area contributed by atoms with Gasteiger partial charge in [-0.3, -0.25) is 4.79 Å². The lowest BCUT2D eigenvalue weighted by Gasteiger charge is -2.14. The standard InChI is InChI=1S/C10H16N4O.ClH/c1-6(2)9(11)10(15)14-8-4-12-7(3)13-5-8;/h4-6,9H,11H2,1-3H3,(H,14,15);1H. The summed E-state index contributed by atoms with van der Waals surface area (Å²) in [4.78, 5) is 19.5. The first kappa shape index (κ1) is 14.8. The predicted molar refractivity (Wildman–Crippen MR) is 65.5 cm³/mol. The minimum atomic E-state index is -0.508. The van der Waals surface area contributed by atoms with Crippen molar-refractivity contribution >= 4 is 24.0 Å². The highest BCUT2D eigenvalue weighted by Gasteiger charge is 2.17. The lowest BCUT2D eigenvalue weighted by molar-refractivity contribution is -0.118. The highest BCUT2D eigenvalue weighted by molar-refractivity contribution is 5.94. The zero-order chi connectivity index (χ0) is 11.4. The van der Waals surface area contributed by atoms with Crippen LogP contribution in [0.1, 0.15) is 19.7 Å². The number of aryl methyl sites for hydroxylation is 1. The number of amides is 1. The Morgan fingerprint density at radius 2 is 1.88 bits per heavy atom. The number of halogens is 1. The summed E-state index contributed by atoms with van der Waals surface area (Å²) in [5.41, 5.74) is 6.26. The molecule has 0 aromatic carbocycles. The average molecular weight is 245 g/mol. The van der Waals surface area contributed by atoms with E-state index in [4.69, 9.17) is 5.73 Å². The van der Waals surface area contributed by atoms with Crippen LogP contribution in [0.2, 0.25) is 0 Å². The molecule has 3 N–H and O–H groups in total. The number of hydrogen-bond donors (Lipinski definition) is 2. The summed E-state index contributed by atoms with van der Waals surface area (Å²) in [5, 5.41) is 2.66. The Morgan fingerprint density at radius 1 is 1.38 bits per heavy atom. The summed E-state index contributed by atoms with van der Waals surface area (Å²) in [5.74, 6) is 0.565. The van der Waals surface area contributed by atoms with Gasteiger partial charge in [0.1, 0.15) is 5.82 Å². The van der Waals surface area contributed by atoms with E-state index in [9.17, 15) is 4.79 Å². The normalized spacial score (nSPS) is 11.8. The second-order valence-corrected chi connectivity index (χ2v) is 3.78. The molecule has 0 saturated carbocycles. The van der Waals surface area contributed by atoms with Gasteiger partial charge in [0.25, 0.3) is 0 Å². The first-order chi connectivity index (χ1) is 7.00. The van der Waals surface area contributed by atoms with E-state index in [0.717, 1.165) is 0 Å². The van der Waals surface area contributed by atoms with Gasteiger partial charge in [0.2, 0.25) is 5.91 Å². The minimum Gasteiger partial charge on any atom is -0.322 e. The van der Waals surface area contributed by atoms with E-state index >= 15 is 0 Å². The van der Waals surface area contributed by atoms with Crippen LogP contribution < -0.4 is 11.1 Å². The Balaban J connectivity index is 0.00000225. The smallest absolute Gasteiger partial charge is 0.241 e. The molecule has 1 atom stereocenters. The first-order valence-electron chi connectivity index (χ1n) is 4.86. The van der Waals surface area contributed by atoms with Crippen LogP contribution in [0.25, 0.3) is 0 Å². The van der Waals surface area contributed by atoms with Crippen molar-refractivity contribution in [3.63, 3.8) is 0 Å². The number of carbonyl (C=O) groups excluding carboxylic acids is 1. The number of anilines is 1. The molecular weight excluding hydrogens is 228 g/mol. The van der Waals surface area contributed by atoms with Crippen LogP contribution in [-0.2, 0) is 4.79 Å². The van der Waals surface area contributed by atoms with E-state index in [1.54, 1.807) is 19.3 Å². The van der Waals surface area contributed by atoms with Gasteiger partial charge < -0.3 is 11.1 Å². The molecule has 0 aliphatic carbocycles. The van der Waals surface area contributed by atoms with Crippen molar-refractivity contribution in [1.29, 1.82) is 0 Å². The lowest BCUT2D eigenvalue weighted by atomic mass is 10.1. The molecule has 1 aromatic heterocycles. The molecule has 1 rings (SSSR count). The van der Waals surface area contributed by atoms with Crippen LogP contribution in [0, 0.1) is 12.8 Å². The molecule has 1 aromatic rings. The van der Waals surface area contributed by atoms with Crippen molar-refractivity contribution < 1.29 is 4.79 Å². The summed E-state index contributed by atoms with van der Waals surface area (Å²) in [6, 6.07) is -0.508. The summed E-state index contributed by atoms with van der Waals surface area (Å²) in [7, 11) is 0. The fourth-order valence-electron chi connectivity index (χ4n) is 0.985. The third-order valence-electron chi connectivity index (χ3n) is 2.07.